The number of halogens is 1. The molecule has 2 rings (SSSR count). The highest BCUT2D eigenvalue weighted by molar-refractivity contribution is 7.89. The van der Waals surface area contributed by atoms with E-state index in [2.05, 4.69) is 10.0 Å². The predicted octanol–water partition coefficient (Wildman–Crippen LogP) is 2.99. The van der Waals surface area contributed by atoms with E-state index in [1.54, 1.807) is 37.3 Å². The van der Waals surface area contributed by atoms with Crippen LogP contribution in [0.25, 0.3) is 0 Å². The van der Waals surface area contributed by atoms with Crippen molar-refractivity contribution >= 4 is 15.9 Å². The molecule has 0 fully saturated rings. The monoisotopic (exact) mass is 378 g/mol. The second-order valence-corrected chi connectivity index (χ2v) is 8.00. The van der Waals surface area contributed by atoms with Gasteiger partial charge in [0, 0.05) is 13.0 Å². The van der Waals surface area contributed by atoms with Gasteiger partial charge < -0.3 is 5.32 Å². The molecule has 0 aliphatic heterocycles. The summed E-state index contributed by atoms with van der Waals surface area (Å²) >= 11 is 0. The molecule has 1 unspecified atom stereocenters. The van der Waals surface area contributed by atoms with Crippen LogP contribution in [0.4, 0.5) is 4.39 Å². The van der Waals surface area contributed by atoms with Gasteiger partial charge in [0.15, 0.2) is 0 Å². The maximum atomic E-state index is 12.9. The van der Waals surface area contributed by atoms with Crippen molar-refractivity contribution in [1.82, 2.24) is 10.0 Å². The van der Waals surface area contributed by atoms with Crippen LogP contribution in [-0.2, 0) is 14.8 Å². The Morgan fingerprint density at radius 1 is 1.08 bits per heavy atom. The van der Waals surface area contributed by atoms with Gasteiger partial charge in [0.1, 0.15) is 5.82 Å². The van der Waals surface area contributed by atoms with Gasteiger partial charge in [-0.1, -0.05) is 18.2 Å². The number of rotatable bonds is 7. The topological polar surface area (TPSA) is 75.3 Å². The number of hydrogen-bond donors (Lipinski definition) is 2. The SMILES string of the molecule is Cc1ccc(S(=O)(=O)NCCC(=O)NC(C)c2ccc(F)cc2)cc1C. The van der Waals surface area contributed by atoms with E-state index in [0.29, 0.717) is 0 Å². The molecule has 0 aliphatic carbocycles. The fourth-order valence-corrected chi connectivity index (χ4v) is 3.53. The largest absolute Gasteiger partial charge is 0.350 e. The van der Waals surface area contributed by atoms with E-state index in [4.69, 9.17) is 0 Å². The number of carbonyl (C=O) groups excluding carboxylic acids is 1. The fourth-order valence-electron chi connectivity index (χ4n) is 2.41. The highest BCUT2D eigenvalue weighted by Gasteiger charge is 2.15. The maximum absolute atomic E-state index is 12.9. The molecule has 7 heteroatoms. The first kappa shape index (κ1) is 20.1. The maximum Gasteiger partial charge on any atom is 0.240 e. The number of sulfonamides is 1. The second-order valence-electron chi connectivity index (χ2n) is 6.23. The Bertz CT molecular complexity index is 880. The van der Waals surface area contributed by atoms with Crippen molar-refractivity contribution in [3.63, 3.8) is 0 Å². The summed E-state index contributed by atoms with van der Waals surface area (Å²) in [5.41, 5.74) is 2.67. The second kappa shape index (κ2) is 8.42. The zero-order valence-corrected chi connectivity index (χ0v) is 15.9. The smallest absolute Gasteiger partial charge is 0.240 e. The van der Waals surface area contributed by atoms with Gasteiger partial charge in [0.05, 0.1) is 10.9 Å². The van der Waals surface area contributed by atoms with Gasteiger partial charge in [-0.3, -0.25) is 4.79 Å². The molecule has 0 spiro atoms. The molecule has 0 saturated carbocycles. The van der Waals surface area contributed by atoms with Crippen molar-refractivity contribution in [1.29, 1.82) is 0 Å². The molecule has 0 saturated heterocycles. The fraction of sp³-hybridized carbons (Fsp3) is 0.316. The number of hydrogen-bond acceptors (Lipinski definition) is 3. The van der Waals surface area contributed by atoms with Gasteiger partial charge in [0.25, 0.3) is 0 Å². The number of nitrogens with one attached hydrogen (secondary N) is 2. The van der Waals surface area contributed by atoms with Gasteiger partial charge in [-0.2, -0.15) is 0 Å². The number of amides is 1. The van der Waals surface area contributed by atoms with E-state index in [9.17, 15) is 17.6 Å². The summed E-state index contributed by atoms with van der Waals surface area (Å²) in [7, 11) is -3.65. The molecule has 0 bridgehead atoms. The number of benzene rings is 2. The van der Waals surface area contributed by atoms with Gasteiger partial charge in [-0.15, -0.1) is 0 Å². The van der Waals surface area contributed by atoms with Crippen molar-refractivity contribution in [3.05, 3.63) is 65.0 Å². The average Bonchev–Trinajstić information content (AvgIpc) is 2.57. The van der Waals surface area contributed by atoms with Gasteiger partial charge in [0.2, 0.25) is 15.9 Å². The molecular weight excluding hydrogens is 355 g/mol. The molecule has 1 amide bonds. The third-order valence-electron chi connectivity index (χ3n) is 4.18. The lowest BCUT2D eigenvalue weighted by Crippen LogP contribution is -2.32. The standard InChI is InChI=1S/C19H23FN2O3S/c1-13-4-9-18(12-14(13)2)26(24,25)21-11-10-19(23)22-15(3)16-5-7-17(20)8-6-16/h4-9,12,15,21H,10-11H2,1-3H3,(H,22,23). The number of carbonyl (C=O) groups is 1. The summed E-state index contributed by atoms with van der Waals surface area (Å²) in [6.07, 6.45) is 0.00953. The third kappa shape index (κ3) is 5.37. The van der Waals surface area contributed by atoms with Crippen LogP contribution in [0.1, 0.15) is 36.1 Å². The van der Waals surface area contributed by atoms with Crippen molar-refractivity contribution in [2.75, 3.05) is 6.54 Å². The Hall–Kier alpha value is -2.25. The molecule has 2 aromatic rings. The van der Waals surface area contributed by atoms with Crippen molar-refractivity contribution in [2.45, 2.75) is 38.1 Å². The lowest BCUT2D eigenvalue weighted by atomic mass is 10.1. The first-order valence-corrected chi connectivity index (χ1v) is 9.79. The molecule has 5 nitrogen and oxygen atoms in total. The molecule has 2 aromatic carbocycles. The van der Waals surface area contributed by atoms with E-state index in [-0.39, 0.29) is 35.6 Å². The van der Waals surface area contributed by atoms with E-state index >= 15 is 0 Å². The normalized spacial score (nSPS) is 12.6. The molecule has 26 heavy (non-hydrogen) atoms. The lowest BCUT2D eigenvalue weighted by Gasteiger charge is -2.14. The molecule has 0 heterocycles. The highest BCUT2D eigenvalue weighted by atomic mass is 32.2. The van der Waals surface area contributed by atoms with Crippen LogP contribution in [0, 0.1) is 19.7 Å². The minimum atomic E-state index is -3.65. The Kier molecular flexibility index (Phi) is 6.50. The van der Waals surface area contributed by atoms with Crippen LogP contribution < -0.4 is 10.0 Å². The van der Waals surface area contributed by atoms with Crippen LogP contribution in [-0.4, -0.2) is 20.9 Å². The predicted molar refractivity (Wildman–Crippen MR) is 98.7 cm³/mol. The molecule has 0 aromatic heterocycles. The molecule has 140 valence electrons. The van der Waals surface area contributed by atoms with E-state index in [0.717, 1.165) is 16.7 Å². The third-order valence-corrected chi connectivity index (χ3v) is 5.64. The molecule has 2 N–H and O–H groups in total. The Morgan fingerprint density at radius 3 is 2.35 bits per heavy atom. The van der Waals surface area contributed by atoms with Crippen molar-refractivity contribution in [2.24, 2.45) is 0 Å². The average molecular weight is 378 g/mol. The number of aryl methyl sites for hydroxylation is 2. The van der Waals surface area contributed by atoms with Crippen LogP contribution in [0.15, 0.2) is 47.4 Å². The van der Waals surface area contributed by atoms with Gasteiger partial charge in [-0.25, -0.2) is 17.5 Å². The minimum Gasteiger partial charge on any atom is -0.350 e. The Labute approximate surface area is 153 Å². The first-order valence-electron chi connectivity index (χ1n) is 8.31. The zero-order chi connectivity index (χ0) is 19.3. The zero-order valence-electron chi connectivity index (χ0n) is 15.0. The van der Waals surface area contributed by atoms with Crippen molar-refractivity contribution in [3.8, 4) is 0 Å². The lowest BCUT2D eigenvalue weighted by molar-refractivity contribution is -0.121. The van der Waals surface area contributed by atoms with Crippen LogP contribution >= 0.6 is 0 Å². The van der Waals surface area contributed by atoms with Crippen molar-refractivity contribution < 1.29 is 17.6 Å². The summed E-state index contributed by atoms with van der Waals surface area (Å²) in [5, 5.41) is 2.76. The Morgan fingerprint density at radius 2 is 1.73 bits per heavy atom. The molecule has 1 atom stereocenters. The minimum absolute atomic E-state index is 0.00275. The summed E-state index contributed by atoms with van der Waals surface area (Å²) in [6.45, 7) is 5.53. The summed E-state index contributed by atoms with van der Waals surface area (Å²) in [5.74, 6) is -0.627. The molecule has 0 aliphatic rings. The van der Waals surface area contributed by atoms with Gasteiger partial charge >= 0.3 is 0 Å². The molecule has 0 radical (unpaired) electrons. The van der Waals surface area contributed by atoms with Crippen LogP contribution in [0.2, 0.25) is 0 Å². The summed E-state index contributed by atoms with van der Waals surface area (Å²) in [6, 6.07) is 10.5. The quantitative estimate of drug-likeness (QED) is 0.778. The summed E-state index contributed by atoms with van der Waals surface area (Å²) in [4.78, 5) is 12.2. The van der Waals surface area contributed by atoms with E-state index in [1.165, 1.54) is 12.1 Å². The van der Waals surface area contributed by atoms with Crippen LogP contribution in [0.5, 0.6) is 0 Å². The Balaban J connectivity index is 1.87. The highest BCUT2D eigenvalue weighted by Crippen LogP contribution is 2.15. The van der Waals surface area contributed by atoms with E-state index in [1.807, 2.05) is 13.8 Å². The molecular formula is C19H23FN2O3S. The van der Waals surface area contributed by atoms with Gasteiger partial charge in [-0.05, 0) is 61.7 Å². The first-order chi connectivity index (χ1) is 12.2. The summed E-state index contributed by atoms with van der Waals surface area (Å²) < 4.78 is 39.9. The van der Waals surface area contributed by atoms with E-state index < -0.39 is 10.0 Å². The van der Waals surface area contributed by atoms with Crippen LogP contribution in [0.3, 0.4) is 0 Å².